The minimum atomic E-state index is -0.108. The predicted octanol–water partition coefficient (Wildman–Crippen LogP) is 6.09. The number of aromatic nitrogens is 1. The van der Waals surface area contributed by atoms with Gasteiger partial charge < -0.3 is 5.32 Å². The highest BCUT2D eigenvalue weighted by molar-refractivity contribution is 7.12. The Morgan fingerprint density at radius 3 is 2.52 bits per heavy atom. The molecule has 3 aromatic carbocycles. The molecule has 1 heterocycles. The first-order valence-electron chi connectivity index (χ1n) is 9.01. The predicted molar refractivity (Wildman–Crippen MR) is 114 cm³/mol. The molecule has 4 aromatic rings. The zero-order valence-electron chi connectivity index (χ0n) is 15.3. The van der Waals surface area contributed by atoms with Gasteiger partial charge >= 0.3 is 0 Å². The van der Waals surface area contributed by atoms with Gasteiger partial charge in [0.05, 0.1) is 10.7 Å². The smallest absolute Gasteiger partial charge is 0.255 e. The van der Waals surface area contributed by atoms with Crippen molar-refractivity contribution < 1.29 is 4.79 Å². The van der Waals surface area contributed by atoms with Crippen molar-refractivity contribution in [3.63, 3.8) is 0 Å². The van der Waals surface area contributed by atoms with Crippen LogP contribution in [-0.4, -0.2) is 10.9 Å². The molecule has 0 saturated carbocycles. The quantitative estimate of drug-likeness (QED) is 0.471. The Kier molecular flexibility index (Phi) is 4.73. The summed E-state index contributed by atoms with van der Waals surface area (Å²) in [6, 6.07) is 21.7. The second kappa shape index (κ2) is 7.33. The minimum absolute atomic E-state index is 0.108. The number of carbonyl (C=O) groups is 1. The van der Waals surface area contributed by atoms with E-state index >= 15 is 0 Å². The van der Waals surface area contributed by atoms with Crippen LogP contribution in [0.1, 0.15) is 27.2 Å². The normalized spacial score (nSPS) is 10.9. The van der Waals surface area contributed by atoms with Crippen molar-refractivity contribution in [2.24, 2.45) is 0 Å². The molecule has 134 valence electrons. The number of hydrogen-bond donors (Lipinski definition) is 1. The van der Waals surface area contributed by atoms with Gasteiger partial charge in [-0.2, -0.15) is 0 Å². The Bertz CT molecular complexity index is 1110. The van der Waals surface area contributed by atoms with Crippen LogP contribution in [-0.2, 0) is 6.42 Å². The maximum atomic E-state index is 12.7. The van der Waals surface area contributed by atoms with E-state index in [1.54, 1.807) is 11.3 Å². The number of aryl methyl sites for hydroxylation is 2. The topological polar surface area (TPSA) is 42.0 Å². The van der Waals surface area contributed by atoms with E-state index in [1.807, 2.05) is 73.7 Å². The average molecular weight is 372 g/mol. The number of hydrogen-bond acceptors (Lipinski definition) is 3. The van der Waals surface area contributed by atoms with E-state index in [1.165, 1.54) is 4.88 Å². The second-order valence-electron chi connectivity index (χ2n) is 6.42. The summed E-state index contributed by atoms with van der Waals surface area (Å²) in [6.07, 6.45) is 0.962. The maximum Gasteiger partial charge on any atom is 0.255 e. The Morgan fingerprint density at radius 2 is 1.74 bits per heavy atom. The monoisotopic (exact) mass is 372 g/mol. The fraction of sp³-hybridized carbons (Fsp3) is 0.130. The minimum Gasteiger partial charge on any atom is -0.321 e. The molecule has 4 rings (SSSR count). The van der Waals surface area contributed by atoms with Crippen molar-refractivity contribution >= 4 is 33.7 Å². The fourth-order valence-corrected chi connectivity index (χ4v) is 4.14. The van der Waals surface area contributed by atoms with Gasteiger partial charge in [-0.05, 0) is 36.9 Å². The summed E-state index contributed by atoms with van der Waals surface area (Å²) >= 11 is 1.73. The van der Waals surface area contributed by atoms with Crippen LogP contribution in [0.3, 0.4) is 0 Å². The second-order valence-corrected chi connectivity index (χ2v) is 7.70. The van der Waals surface area contributed by atoms with Gasteiger partial charge in [0.25, 0.3) is 5.91 Å². The first-order chi connectivity index (χ1) is 13.2. The van der Waals surface area contributed by atoms with E-state index in [2.05, 4.69) is 17.2 Å². The number of benzene rings is 3. The molecule has 3 nitrogen and oxygen atoms in total. The van der Waals surface area contributed by atoms with Gasteiger partial charge in [-0.25, -0.2) is 4.98 Å². The molecule has 0 bridgehead atoms. The van der Waals surface area contributed by atoms with Gasteiger partial charge in [0, 0.05) is 27.1 Å². The summed E-state index contributed by atoms with van der Waals surface area (Å²) in [5, 5.41) is 6.25. The molecule has 27 heavy (non-hydrogen) atoms. The zero-order valence-corrected chi connectivity index (χ0v) is 16.1. The number of thiazole rings is 1. The van der Waals surface area contributed by atoms with E-state index in [0.29, 0.717) is 5.56 Å². The molecule has 0 spiro atoms. The number of rotatable bonds is 4. The number of amides is 1. The van der Waals surface area contributed by atoms with Crippen molar-refractivity contribution in [1.82, 2.24) is 4.98 Å². The Hall–Kier alpha value is -2.98. The Balaban J connectivity index is 1.59. The van der Waals surface area contributed by atoms with Gasteiger partial charge in [-0.15, -0.1) is 11.3 Å². The van der Waals surface area contributed by atoms with E-state index in [0.717, 1.165) is 39.1 Å². The molecule has 0 aliphatic carbocycles. The van der Waals surface area contributed by atoms with Crippen LogP contribution in [0.5, 0.6) is 0 Å². The van der Waals surface area contributed by atoms with Crippen molar-refractivity contribution in [2.45, 2.75) is 20.3 Å². The highest BCUT2D eigenvalue weighted by atomic mass is 32.1. The number of anilines is 1. The van der Waals surface area contributed by atoms with Crippen molar-refractivity contribution in [1.29, 1.82) is 0 Å². The SMILES string of the molecule is CCc1sc(C)nc1-c1ccc(C(=O)Nc2cccc3ccccc23)cc1. The van der Waals surface area contributed by atoms with Crippen LogP contribution >= 0.6 is 11.3 Å². The third-order valence-electron chi connectivity index (χ3n) is 4.58. The first-order valence-corrected chi connectivity index (χ1v) is 9.83. The lowest BCUT2D eigenvalue weighted by Crippen LogP contribution is -2.12. The number of fused-ring (bicyclic) bond motifs is 1. The average Bonchev–Trinajstić information content (AvgIpc) is 3.09. The van der Waals surface area contributed by atoms with Crippen molar-refractivity contribution in [2.75, 3.05) is 5.32 Å². The summed E-state index contributed by atoms with van der Waals surface area (Å²) in [6.45, 7) is 4.17. The molecule has 1 N–H and O–H groups in total. The van der Waals surface area contributed by atoms with Gasteiger partial charge in [-0.1, -0.05) is 55.5 Å². The number of nitrogens with one attached hydrogen (secondary N) is 1. The molecule has 0 aliphatic rings. The first kappa shape index (κ1) is 17.4. The highest BCUT2D eigenvalue weighted by Crippen LogP contribution is 2.29. The lowest BCUT2D eigenvalue weighted by Gasteiger charge is -2.09. The third-order valence-corrected chi connectivity index (χ3v) is 5.70. The van der Waals surface area contributed by atoms with Gasteiger partial charge in [-0.3, -0.25) is 4.79 Å². The van der Waals surface area contributed by atoms with E-state index in [9.17, 15) is 4.79 Å². The largest absolute Gasteiger partial charge is 0.321 e. The molecular weight excluding hydrogens is 352 g/mol. The third kappa shape index (κ3) is 3.49. The molecular formula is C23H20N2OS. The molecule has 4 heteroatoms. The molecule has 0 radical (unpaired) electrons. The summed E-state index contributed by atoms with van der Waals surface area (Å²) in [4.78, 5) is 18.6. The number of nitrogens with zero attached hydrogens (tertiary/aromatic N) is 1. The summed E-state index contributed by atoms with van der Waals surface area (Å²) in [5.74, 6) is -0.108. The molecule has 0 unspecified atom stereocenters. The van der Waals surface area contributed by atoms with E-state index < -0.39 is 0 Å². The van der Waals surface area contributed by atoms with Gasteiger partial charge in [0.2, 0.25) is 0 Å². The summed E-state index contributed by atoms with van der Waals surface area (Å²) < 4.78 is 0. The maximum absolute atomic E-state index is 12.7. The van der Waals surface area contributed by atoms with Crippen LogP contribution in [0.25, 0.3) is 22.0 Å². The lowest BCUT2D eigenvalue weighted by atomic mass is 10.1. The van der Waals surface area contributed by atoms with Crippen LogP contribution in [0, 0.1) is 6.92 Å². The molecule has 0 atom stereocenters. The lowest BCUT2D eigenvalue weighted by molar-refractivity contribution is 0.102. The molecule has 1 amide bonds. The van der Waals surface area contributed by atoms with E-state index in [4.69, 9.17) is 0 Å². The zero-order chi connectivity index (χ0) is 18.8. The standard InChI is InChI=1S/C23H20N2OS/c1-3-21-22(24-15(2)27-21)17-11-13-18(14-12-17)23(26)25-20-10-6-8-16-7-4-5-9-19(16)20/h4-14H,3H2,1-2H3,(H,25,26). The van der Waals surface area contributed by atoms with Crippen molar-refractivity contribution in [3.8, 4) is 11.3 Å². The van der Waals surface area contributed by atoms with Crippen LogP contribution in [0.2, 0.25) is 0 Å². The molecule has 0 fully saturated rings. The van der Waals surface area contributed by atoms with Gasteiger partial charge in [0.15, 0.2) is 0 Å². The number of carbonyl (C=O) groups excluding carboxylic acids is 1. The van der Waals surface area contributed by atoms with E-state index in [-0.39, 0.29) is 5.91 Å². The van der Waals surface area contributed by atoms with Gasteiger partial charge in [0.1, 0.15) is 0 Å². The fourth-order valence-electron chi connectivity index (χ4n) is 3.24. The molecule has 1 aromatic heterocycles. The van der Waals surface area contributed by atoms with Crippen molar-refractivity contribution in [3.05, 3.63) is 82.2 Å². The Morgan fingerprint density at radius 1 is 1.00 bits per heavy atom. The van der Waals surface area contributed by atoms with Crippen LogP contribution < -0.4 is 5.32 Å². The summed E-state index contributed by atoms with van der Waals surface area (Å²) in [7, 11) is 0. The van der Waals surface area contributed by atoms with Crippen LogP contribution in [0.15, 0.2) is 66.7 Å². The summed E-state index contributed by atoms with van der Waals surface area (Å²) in [5.41, 5.74) is 3.54. The van der Waals surface area contributed by atoms with Crippen LogP contribution in [0.4, 0.5) is 5.69 Å². The molecule has 0 saturated heterocycles. The Labute approximate surface area is 162 Å². The highest BCUT2D eigenvalue weighted by Gasteiger charge is 2.12. The molecule has 0 aliphatic heterocycles.